The van der Waals surface area contributed by atoms with Gasteiger partial charge in [0.25, 0.3) is 0 Å². The molecule has 2 unspecified atom stereocenters. The Hall–Kier alpha value is -1.14. The Bertz CT molecular complexity index is 435. The summed E-state index contributed by atoms with van der Waals surface area (Å²) in [6.45, 7) is 2.00. The number of halogens is 1. The molecular weight excluding hydrogens is 258 g/mol. The van der Waals surface area contributed by atoms with E-state index in [4.69, 9.17) is 16.3 Å². The van der Waals surface area contributed by atoms with Crippen LogP contribution in [-0.4, -0.2) is 38.8 Å². The Kier molecular flexibility index (Phi) is 4.19. The van der Waals surface area contributed by atoms with E-state index < -0.39 is 12.1 Å². The number of aliphatic hydroxyl groups is 1. The van der Waals surface area contributed by atoms with Gasteiger partial charge in [-0.1, -0.05) is 5.21 Å². The molecule has 7 heteroatoms. The average Bonchev–Trinajstić information content (AvgIpc) is 2.94. The van der Waals surface area contributed by atoms with E-state index in [2.05, 4.69) is 10.3 Å². The zero-order valence-electron chi connectivity index (χ0n) is 10.2. The molecule has 1 N–H and O–H groups in total. The first-order chi connectivity index (χ1) is 8.69. The number of alkyl halides is 1. The molecule has 1 heterocycles. The molecule has 0 radical (unpaired) electrons. The number of carbonyl (C=O) groups excluding carboxylic acids is 1. The van der Waals surface area contributed by atoms with E-state index in [1.807, 2.05) is 0 Å². The van der Waals surface area contributed by atoms with Crippen molar-refractivity contribution in [2.75, 3.05) is 6.61 Å². The molecular formula is C11H16ClN3O3. The standard InChI is InChI=1S/C11H16ClN3O3/c1-2-18-11(17)10-8(6-12)15(14-13-10)7-4-3-5-9(7)16/h7,9,16H,2-6H2,1H3. The number of aliphatic hydroxyl groups excluding tert-OH is 1. The van der Waals surface area contributed by atoms with Crippen molar-refractivity contribution >= 4 is 17.6 Å². The third-order valence-electron chi connectivity index (χ3n) is 3.14. The molecule has 2 rings (SSSR count). The predicted octanol–water partition coefficient (Wildman–Crippen LogP) is 1.28. The van der Waals surface area contributed by atoms with Gasteiger partial charge >= 0.3 is 5.97 Å². The fourth-order valence-electron chi connectivity index (χ4n) is 2.27. The molecule has 1 aliphatic rings. The lowest BCUT2D eigenvalue weighted by Crippen LogP contribution is -2.21. The highest BCUT2D eigenvalue weighted by molar-refractivity contribution is 6.17. The summed E-state index contributed by atoms with van der Waals surface area (Å²) in [7, 11) is 0. The van der Waals surface area contributed by atoms with E-state index >= 15 is 0 Å². The predicted molar refractivity (Wildman–Crippen MR) is 64.4 cm³/mol. The summed E-state index contributed by atoms with van der Waals surface area (Å²) < 4.78 is 6.46. The van der Waals surface area contributed by atoms with Gasteiger partial charge in [0.15, 0.2) is 5.69 Å². The molecule has 0 aromatic carbocycles. The fourth-order valence-corrected chi connectivity index (χ4v) is 2.52. The van der Waals surface area contributed by atoms with Crippen LogP contribution in [0.5, 0.6) is 0 Å². The maximum absolute atomic E-state index is 11.7. The summed E-state index contributed by atoms with van der Waals surface area (Å²) in [6.07, 6.45) is 2.03. The smallest absolute Gasteiger partial charge is 0.360 e. The van der Waals surface area contributed by atoms with Crippen LogP contribution < -0.4 is 0 Å². The molecule has 100 valence electrons. The lowest BCUT2D eigenvalue weighted by Gasteiger charge is -2.16. The Labute approximate surface area is 110 Å². The normalized spacial score (nSPS) is 23.3. The molecule has 1 saturated carbocycles. The molecule has 1 aromatic rings. The number of ether oxygens (including phenoxy) is 1. The van der Waals surface area contributed by atoms with Crippen LogP contribution in [0.15, 0.2) is 0 Å². The Morgan fingerprint density at radius 2 is 2.39 bits per heavy atom. The highest BCUT2D eigenvalue weighted by Gasteiger charge is 2.31. The van der Waals surface area contributed by atoms with Gasteiger partial charge in [0, 0.05) is 0 Å². The van der Waals surface area contributed by atoms with Crippen molar-refractivity contribution in [2.45, 2.75) is 44.2 Å². The van der Waals surface area contributed by atoms with Crippen molar-refractivity contribution in [3.63, 3.8) is 0 Å². The first-order valence-corrected chi connectivity index (χ1v) is 6.57. The summed E-state index contributed by atoms with van der Waals surface area (Å²) >= 11 is 5.86. The summed E-state index contributed by atoms with van der Waals surface area (Å²) in [6, 6.07) is -0.144. The van der Waals surface area contributed by atoms with E-state index in [0.717, 1.165) is 19.3 Å². The maximum atomic E-state index is 11.7. The lowest BCUT2D eigenvalue weighted by atomic mass is 10.2. The van der Waals surface area contributed by atoms with Gasteiger partial charge in [0.2, 0.25) is 0 Å². The molecule has 1 fully saturated rings. The minimum Gasteiger partial charge on any atom is -0.461 e. The highest BCUT2D eigenvalue weighted by atomic mass is 35.5. The number of nitrogens with zero attached hydrogens (tertiary/aromatic N) is 3. The molecule has 1 aromatic heterocycles. The largest absolute Gasteiger partial charge is 0.461 e. The van der Waals surface area contributed by atoms with E-state index in [9.17, 15) is 9.90 Å². The van der Waals surface area contributed by atoms with E-state index in [-0.39, 0.29) is 24.2 Å². The molecule has 0 amide bonds. The van der Waals surface area contributed by atoms with Gasteiger partial charge in [0.05, 0.1) is 30.3 Å². The van der Waals surface area contributed by atoms with Crippen LogP contribution in [0, 0.1) is 0 Å². The second kappa shape index (κ2) is 5.67. The van der Waals surface area contributed by atoms with E-state index in [1.165, 1.54) is 0 Å². The highest BCUT2D eigenvalue weighted by Crippen LogP contribution is 2.31. The van der Waals surface area contributed by atoms with Crippen molar-refractivity contribution in [1.29, 1.82) is 0 Å². The summed E-state index contributed by atoms with van der Waals surface area (Å²) in [5.41, 5.74) is 0.659. The Balaban J connectivity index is 2.29. The number of hydrogen-bond acceptors (Lipinski definition) is 5. The van der Waals surface area contributed by atoms with Gasteiger partial charge in [-0.3, -0.25) is 0 Å². The van der Waals surface area contributed by atoms with Crippen molar-refractivity contribution in [3.8, 4) is 0 Å². The molecule has 18 heavy (non-hydrogen) atoms. The molecule has 6 nitrogen and oxygen atoms in total. The lowest BCUT2D eigenvalue weighted by molar-refractivity contribution is 0.0518. The van der Waals surface area contributed by atoms with Gasteiger partial charge in [-0.2, -0.15) is 0 Å². The van der Waals surface area contributed by atoms with E-state index in [1.54, 1.807) is 11.6 Å². The quantitative estimate of drug-likeness (QED) is 0.660. The van der Waals surface area contributed by atoms with Crippen LogP contribution in [0.3, 0.4) is 0 Å². The zero-order valence-corrected chi connectivity index (χ0v) is 10.9. The van der Waals surface area contributed by atoms with Gasteiger partial charge in [0.1, 0.15) is 0 Å². The number of hydrogen-bond donors (Lipinski definition) is 1. The monoisotopic (exact) mass is 273 g/mol. The number of rotatable bonds is 4. The third-order valence-corrected chi connectivity index (χ3v) is 3.40. The molecule has 1 aliphatic carbocycles. The number of esters is 1. The van der Waals surface area contributed by atoms with Gasteiger partial charge in [-0.05, 0) is 26.2 Å². The van der Waals surface area contributed by atoms with E-state index in [0.29, 0.717) is 5.69 Å². The van der Waals surface area contributed by atoms with Crippen LogP contribution in [0.2, 0.25) is 0 Å². The number of carbonyl (C=O) groups is 1. The molecule has 0 aliphatic heterocycles. The summed E-state index contributed by atoms with van der Waals surface area (Å²) in [4.78, 5) is 11.7. The summed E-state index contributed by atoms with van der Waals surface area (Å²) in [5, 5.41) is 17.6. The minimum atomic E-state index is -0.521. The van der Waals surface area contributed by atoms with Crippen LogP contribution in [0.1, 0.15) is 48.4 Å². The minimum absolute atomic E-state index is 0.115. The SMILES string of the molecule is CCOC(=O)c1nnn(C2CCCC2O)c1CCl. The molecule has 0 spiro atoms. The second-order valence-electron chi connectivity index (χ2n) is 4.25. The number of aromatic nitrogens is 3. The van der Waals surface area contributed by atoms with Crippen LogP contribution in [0.25, 0.3) is 0 Å². The van der Waals surface area contributed by atoms with Crippen molar-refractivity contribution < 1.29 is 14.6 Å². The average molecular weight is 274 g/mol. The van der Waals surface area contributed by atoms with Crippen molar-refractivity contribution in [3.05, 3.63) is 11.4 Å². The fraction of sp³-hybridized carbons (Fsp3) is 0.727. The van der Waals surface area contributed by atoms with Crippen LogP contribution in [0.4, 0.5) is 0 Å². The molecule has 0 bridgehead atoms. The van der Waals surface area contributed by atoms with Gasteiger partial charge < -0.3 is 9.84 Å². The molecule has 2 atom stereocenters. The second-order valence-corrected chi connectivity index (χ2v) is 4.52. The topological polar surface area (TPSA) is 77.2 Å². The van der Waals surface area contributed by atoms with Crippen LogP contribution >= 0.6 is 11.6 Å². The van der Waals surface area contributed by atoms with Crippen molar-refractivity contribution in [1.82, 2.24) is 15.0 Å². The summed E-state index contributed by atoms with van der Waals surface area (Å²) in [5.74, 6) is -0.406. The Morgan fingerprint density at radius 1 is 1.61 bits per heavy atom. The van der Waals surface area contributed by atoms with Gasteiger partial charge in [-0.15, -0.1) is 16.7 Å². The van der Waals surface area contributed by atoms with Crippen molar-refractivity contribution in [2.24, 2.45) is 0 Å². The third kappa shape index (κ3) is 2.35. The first-order valence-electron chi connectivity index (χ1n) is 6.04. The first kappa shape index (κ1) is 13.3. The molecule has 0 saturated heterocycles. The Morgan fingerprint density at radius 3 is 2.94 bits per heavy atom. The van der Waals surface area contributed by atoms with Gasteiger partial charge in [-0.25, -0.2) is 9.48 Å². The van der Waals surface area contributed by atoms with Crippen LogP contribution in [-0.2, 0) is 10.6 Å². The maximum Gasteiger partial charge on any atom is 0.360 e. The zero-order chi connectivity index (χ0) is 13.1.